The summed E-state index contributed by atoms with van der Waals surface area (Å²) in [5, 5.41) is 0. The molecule has 16 heavy (non-hydrogen) atoms. The number of nitrogens with two attached hydrogens (primary N) is 1. The molecule has 0 bridgehead atoms. The maximum absolute atomic E-state index is 11.5. The van der Waals surface area contributed by atoms with E-state index >= 15 is 0 Å². The lowest BCUT2D eigenvalue weighted by atomic mass is 9.69. The second kappa shape index (κ2) is 5.50. The van der Waals surface area contributed by atoms with Gasteiger partial charge in [-0.15, -0.1) is 0 Å². The molecule has 0 radical (unpaired) electrons. The van der Waals surface area contributed by atoms with Crippen LogP contribution in [0.4, 0.5) is 0 Å². The fourth-order valence-corrected chi connectivity index (χ4v) is 3.48. The summed E-state index contributed by atoms with van der Waals surface area (Å²) in [5.41, 5.74) is 5.97. The Kier molecular flexibility index (Phi) is 4.80. The highest BCUT2D eigenvalue weighted by molar-refractivity contribution is 7.91. The monoisotopic (exact) mass is 247 g/mol. The molecule has 3 nitrogen and oxygen atoms in total. The first-order valence-corrected chi connectivity index (χ1v) is 8.16. The van der Waals surface area contributed by atoms with Gasteiger partial charge in [0.25, 0.3) is 0 Å². The van der Waals surface area contributed by atoms with Gasteiger partial charge in [0.05, 0.1) is 5.75 Å². The van der Waals surface area contributed by atoms with Gasteiger partial charge in [-0.25, -0.2) is 8.42 Å². The van der Waals surface area contributed by atoms with Gasteiger partial charge in [0.15, 0.2) is 0 Å². The van der Waals surface area contributed by atoms with Crippen LogP contribution in [0, 0.1) is 11.3 Å². The van der Waals surface area contributed by atoms with E-state index < -0.39 is 9.84 Å². The highest BCUT2D eigenvalue weighted by Crippen LogP contribution is 2.40. The molecule has 1 aliphatic rings. The van der Waals surface area contributed by atoms with Crippen molar-refractivity contribution in [2.45, 2.75) is 46.0 Å². The van der Waals surface area contributed by atoms with E-state index in [-0.39, 0.29) is 11.2 Å². The first-order valence-electron chi connectivity index (χ1n) is 6.33. The summed E-state index contributed by atoms with van der Waals surface area (Å²) >= 11 is 0. The van der Waals surface area contributed by atoms with Gasteiger partial charge in [0.1, 0.15) is 9.84 Å². The quantitative estimate of drug-likeness (QED) is 0.808. The summed E-state index contributed by atoms with van der Waals surface area (Å²) in [4.78, 5) is 0. The van der Waals surface area contributed by atoms with Crippen molar-refractivity contribution in [3.8, 4) is 0 Å². The summed E-state index contributed by atoms with van der Waals surface area (Å²) in [5.74, 6) is 1.35. The zero-order chi connectivity index (χ0) is 12.2. The third kappa shape index (κ3) is 3.74. The highest BCUT2D eigenvalue weighted by atomic mass is 32.2. The van der Waals surface area contributed by atoms with Crippen LogP contribution >= 0.6 is 0 Å². The first kappa shape index (κ1) is 14.0. The Hall–Kier alpha value is -0.0900. The molecule has 0 aromatic rings. The number of hydrogen-bond donors (Lipinski definition) is 1. The Morgan fingerprint density at radius 3 is 2.31 bits per heavy atom. The van der Waals surface area contributed by atoms with Crippen molar-refractivity contribution in [1.82, 2.24) is 0 Å². The largest absolute Gasteiger partial charge is 0.330 e. The Labute approximate surface area is 99.7 Å². The third-order valence-corrected chi connectivity index (χ3v) is 5.86. The first-order chi connectivity index (χ1) is 7.43. The molecule has 1 saturated carbocycles. The molecular weight excluding hydrogens is 222 g/mol. The van der Waals surface area contributed by atoms with Crippen LogP contribution in [0.25, 0.3) is 0 Å². The van der Waals surface area contributed by atoms with Crippen LogP contribution in [-0.4, -0.2) is 26.5 Å². The van der Waals surface area contributed by atoms with Gasteiger partial charge in [-0.1, -0.05) is 26.7 Å². The van der Waals surface area contributed by atoms with E-state index in [1.807, 2.05) is 0 Å². The van der Waals surface area contributed by atoms with Crippen molar-refractivity contribution in [2.75, 3.05) is 18.1 Å². The molecule has 0 spiro atoms. The van der Waals surface area contributed by atoms with E-state index in [0.717, 1.165) is 25.2 Å². The van der Waals surface area contributed by atoms with Gasteiger partial charge in [-0.05, 0) is 37.1 Å². The SMILES string of the molecule is CCS(=O)(=O)CCC1(CN)CCC(C)CC1. The molecule has 0 unspecified atom stereocenters. The number of hydrogen-bond acceptors (Lipinski definition) is 3. The molecule has 1 fully saturated rings. The number of sulfone groups is 1. The zero-order valence-corrected chi connectivity index (χ0v) is 11.4. The van der Waals surface area contributed by atoms with E-state index in [1.165, 1.54) is 12.8 Å². The van der Waals surface area contributed by atoms with Gasteiger partial charge in [0, 0.05) is 5.75 Å². The predicted octanol–water partition coefficient (Wildman–Crippen LogP) is 1.97. The molecular formula is C12H25NO2S. The number of rotatable bonds is 5. The molecule has 4 heteroatoms. The van der Waals surface area contributed by atoms with Crippen molar-refractivity contribution in [3.63, 3.8) is 0 Å². The van der Waals surface area contributed by atoms with Crippen molar-refractivity contribution >= 4 is 9.84 Å². The minimum absolute atomic E-state index is 0.106. The smallest absolute Gasteiger partial charge is 0.150 e. The molecule has 0 heterocycles. The third-order valence-electron chi connectivity index (χ3n) is 4.15. The van der Waals surface area contributed by atoms with E-state index in [4.69, 9.17) is 5.73 Å². The molecule has 1 rings (SSSR count). The van der Waals surface area contributed by atoms with E-state index in [0.29, 0.717) is 12.3 Å². The zero-order valence-electron chi connectivity index (χ0n) is 10.5. The van der Waals surface area contributed by atoms with Crippen LogP contribution in [-0.2, 0) is 9.84 Å². The second-order valence-electron chi connectivity index (χ2n) is 5.37. The maximum atomic E-state index is 11.5. The fourth-order valence-electron chi connectivity index (χ4n) is 2.45. The Bertz CT molecular complexity index is 303. The van der Waals surface area contributed by atoms with Crippen molar-refractivity contribution in [3.05, 3.63) is 0 Å². The van der Waals surface area contributed by atoms with Gasteiger partial charge in [0.2, 0.25) is 0 Å². The average Bonchev–Trinajstić information content (AvgIpc) is 2.29. The van der Waals surface area contributed by atoms with E-state index in [9.17, 15) is 8.42 Å². The molecule has 0 saturated heterocycles. The fraction of sp³-hybridized carbons (Fsp3) is 1.00. The van der Waals surface area contributed by atoms with Crippen LogP contribution in [0.5, 0.6) is 0 Å². The van der Waals surface area contributed by atoms with Gasteiger partial charge < -0.3 is 5.73 Å². The highest BCUT2D eigenvalue weighted by Gasteiger charge is 2.33. The maximum Gasteiger partial charge on any atom is 0.150 e. The molecule has 2 N–H and O–H groups in total. The Morgan fingerprint density at radius 1 is 1.31 bits per heavy atom. The van der Waals surface area contributed by atoms with E-state index in [2.05, 4.69) is 6.92 Å². The molecule has 0 amide bonds. The topological polar surface area (TPSA) is 60.2 Å². The summed E-state index contributed by atoms with van der Waals surface area (Å²) in [6, 6.07) is 0. The van der Waals surface area contributed by atoms with Crippen molar-refractivity contribution in [1.29, 1.82) is 0 Å². The van der Waals surface area contributed by atoms with Crippen LogP contribution in [0.3, 0.4) is 0 Å². The van der Waals surface area contributed by atoms with Crippen LogP contribution in [0.2, 0.25) is 0 Å². The van der Waals surface area contributed by atoms with Gasteiger partial charge in [-0.3, -0.25) is 0 Å². The van der Waals surface area contributed by atoms with Gasteiger partial charge in [-0.2, -0.15) is 0 Å². The lowest BCUT2D eigenvalue weighted by molar-refractivity contribution is 0.158. The summed E-state index contributed by atoms with van der Waals surface area (Å²) < 4.78 is 23.0. The minimum atomic E-state index is -2.84. The lowest BCUT2D eigenvalue weighted by Crippen LogP contribution is -2.36. The minimum Gasteiger partial charge on any atom is -0.330 e. The summed E-state index contributed by atoms with van der Waals surface area (Å²) in [6.45, 7) is 4.62. The molecule has 0 aromatic heterocycles. The molecule has 0 aliphatic heterocycles. The van der Waals surface area contributed by atoms with Crippen LogP contribution < -0.4 is 5.73 Å². The lowest BCUT2D eigenvalue weighted by Gasteiger charge is -2.38. The van der Waals surface area contributed by atoms with Crippen LogP contribution in [0.1, 0.15) is 46.0 Å². The van der Waals surface area contributed by atoms with Crippen molar-refractivity contribution in [2.24, 2.45) is 17.1 Å². The average molecular weight is 247 g/mol. The predicted molar refractivity (Wildman–Crippen MR) is 68.1 cm³/mol. The standard InChI is InChI=1S/C12H25NO2S/c1-3-16(14,15)9-8-12(10-13)6-4-11(2)5-7-12/h11H,3-10,13H2,1-2H3. The Morgan fingerprint density at radius 2 is 1.88 bits per heavy atom. The second-order valence-corrected chi connectivity index (χ2v) is 7.85. The van der Waals surface area contributed by atoms with Gasteiger partial charge >= 0.3 is 0 Å². The van der Waals surface area contributed by atoms with Crippen molar-refractivity contribution < 1.29 is 8.42 Å². The molecule has 96 valence electrons. The summed E-state index contributed by atoms with van der Waals surface area (Å²) in [6.07, 6.45) is 5.35. The molecule has 1 aliphatic carbocycles. The molecule has 0 atom stereocenters. The molecule has 0 aromatic carbocycles. The van der Waals surface area contributed by atoms with Crippen LogP contribution in [0.15, 0.2) is 0 Å². The normalized spacial score (nSPS) is 31.6. The summed E-state index contributed by atoms with van der Waals surface area (Å²) in [7, 11) is -2.84. The Balaban J connectivity index is 2.55. The van der Waals surface area contributed by atoms with E-state index in [1.54, 1.807) is 6.92 Å².